The van der Waals surface area contributed by atoms with Crippen molar-refractivity contribution in [1.82, 2.24) is 4.90 Å². The Morgan fingerprint density at radius 3 is 2.52 bits per heavy atom. The molecule has 0 bridgehead atoms. The lowest BCUT2D eigenvalue weighted by Crippen LogP contribution is -2.25. The zero-order chi connectivity index (χ0) is 23.2. The molecule has 0 saturated heterocycles. The average molecular weight is 445 g/mol. The van der Waals surface area contributed by atoms with Crippen LogP contribution in [-0.4, -0.2) is 43.8 Å². The number of hydrogen-bond donors (Lipinski definition) is 1. The molecule has 33 heavy (non-hydrogen) atoms. The van der Waals surface area contributed by atoms with Gasteiger partial charge in [-0.05, 0) is 98.8 Å². The highest BCUT2D eigenvalue weighted by molar-refractivity contribution is 5.56. The van der Waals surface area contributed by atoms with E-state index in [9.17, 15) is 5.11 Å². The van der Waals surface area contributed by atoms with Gasteiger partial charge in [-0.2, -0.15) is 0 Å². The molecule has 0 spiro atoms. The number of rotatable bonds is 9. The Morgan fingerprint density at radius 2 is 1.76 bits per heavy atom. The van der Waals surface area contributed by atoms with Crippen LogP contribution in [0.15, 0.2) is 66.7 Å². The number of ether oxygens (including phenoxy) is 1. The van der Waals surface area contributed by atoms with Crippen molar-refractivity contribution in [2.75, 3.05) is 38.7 Å². The van der Waals surface area contributed by atoms with Crippen LogP contribution >= 0.6 is 0 Å². The van der Waals surface area contributed by atoms with Crippen LogP contribution in [0.4, 0.5) is 5.69 Å². The van der Waals surface area contributed by atoms with Crippen molar-refractivity contribution in [2.24, 2.45) is 0 Å². The summed E-state index contributed by atoms with van der Waals surface area (Å²) in [7, 11) is 4.11. The highest BCUT2D eigenvalue weighted by Gasteiger charge is 2.24. The minimum absolute atomic E-state index is 0.374. The smallest absolute Gasteiger partial charge is 0.119 e. The van der Waals surface area contributed by atoms with Crippen LogP contribution in [0.5, 0.6) is 11.5 Å². The molecule has 1 atom stereocenters. The molecular weight excluding hydrogens is 408 g/mol. The fraction of sp³-hybridized carbons (Fsp3) is 0.379. The Kier molecular flexibility index (Phi) is 7.56. The molecule has 0 radical (unpaired) electrons. The largest absolute Gasteiger partial charge is 0.508 e. The number of likely N-dealkylation sites (N-methyl/N-ethyl adjacent to an activating group) is 1. The number of para-hydroxylation sites is 1. The topological polar surface area (TPSA) is 35.9 Å². The summed E-state index contributed by atoms with van der Waals surface area (Å²) >= 11 is 0. The van der Waals surface area contributed by atoms with Crippen molar-refractivity contribution in [3.05, 3.63) is 89.0 Å². The van der Waals surface area contributed by atoms with Crippen molar-refractivity contribution >= 4 is 5.69 Å². The van der Waals surface area contributed by atoms with Gasteiger partial charge in [0.2, 0.25) is 0 Å². The van der Waals surface area contributed by atoms with Crippen LogP contribution in [-0.2, 0) is 19.4 Å². The monoisotopic (exact) mass is 444 g/mol. The lowest BCUT2D eigenvalue weighted by atomic mass is 9.79. The molecule has 4 heteroatoms. The number of anilines is 1. The van der Waals surface area contributed by atoms with Gasteiger partial charge in [0.15, 0.2) is 0 Å². The summed E-state index contributed by atoms with van der Waals surface area (Å²) in [6.07, 6.45) is 3.16. The molecule has 0 unspecified atom stereocenters. The predicted molar refractivity (Wildman–Crippen MR) is 137 cm³/mol. The van der Waals surface area contributed by atoms with E-state index in [4.69, 9.17) is 4.74 Å². The van der Waals surface area contributed by atoms with E-state index in [1.807, 2.05) is 12.1 Å². The van der Waals surface area contributed by atoms with E-state index in [1.165, 1.54) is 27.9 Å². The average Bonchev–Trinajstić information content (AvgIpc) is 2.83. The molecule has 0 heterocycles. The number of hydrogen-bond acceptors (Lipinski definition) is 4. The predicted octanol–water partition coefficient (Wildman–Crippen LogP) is 5.63. The van der Waals surface area contributed by atoms with Crippen molar-refractivity contribution in [3.63, 3.8) is 0 Å². The van der Waals surface area contributed by atoms with Crippen LogP contribution in [0.3, 0.4) is 0 Å². The molecule has 4 rings (SSSR count). The Morgan fingerprint density at radius 1 is 0.970 bits per heavy atom. The van der Waals surface area contributed by atoms with Crippen LogP contribution in [0.25, 0.3) is 0 Å². The molecule has 0 saturated carbocycles. The number of benzene rings is 3. The van der Waals surface area contributed by atoms with Gasteiger partial charge in [0.05, 0.1) is 0 Å². The van der Waals surface area contributed by atoms with E-state index in [1.54, 1.807) is 0 Å². The molecule has 1 N–H and O–H groups in total. The summed E-state index contributed by atoms with van der Waals surface area (Å²) in [6, 6.07) is 23.3. The quantitative estimate of drug-likeness (QED) is 0.464. The zero-order valence-electron chi connectivity index (χ0n) is 20.1. The summed E-state index contributed by atoms with van der Waals surface area (Å²) < 4.78 is 5.85. The van der Waals surface area contributed by atoms with E-state index in [2.05, 4.69) is 85.4 Å². The second-order valence-corrected chi connectivity index (χ2v) is 9.26. The number of phenolic OH excluding ortho intramolecular Hbond substituents is 1. The van der Waals surface area contributed by atoms with Crippen molar-refractivity contribution in [3.8, 4) is 11.5 Å². The highest BCUT2D eigenvalue weighted by Crippen LogP contribution is 2.38. The summed E-state index contributed by atoms with van der Waals surface area (Å²) in [6.45, 7) is 5.67. The Labute approximate surface area is 198 Å². The van der Waals surface area contributed by atoms with E-state index in [0.717, 1.165) is 44.6 Å². The molecule has 174 valence electrons. The first-order valence-electron chi connectivity index (χ1n) is 12.0. The molecule has 0 fully saturated rings. The molecular formula is C29H36N2O2. The van der Waals surface area contributed by atoms with Crippen LogP contribution in [0.2, 0.25) is 0 Å². The van der Waals surface area contributed by atoms with Crippen molar-refractivity contribution in [1.29, 1.82) is 0 Å². The first-order valence-corrected chi connectivity index (χ1v) is 12.0. The summed E-state index contributed by atoms with van der Waals surface area (Å²) in [5, 5.41) is 9.83. The number of aryl methyl sites for hydroxylation is 1. The molecule has 0 aromatic heterocycles. The van der Waals surface area contributed by atoms with Gasteiger partial charge >= 0.3 is 0 Å². The van der Waals surface area contributed by atoms with Gasteiger partial charge in [-0.25, -0.2) is 0 Å². The lowest BCUT2D eigenvalue weighted by Gasteiger charge is -2.31. The number of aromatic hydroxyl groups is 1. The highest BCUT2D eigenvalue weighted by atomic mass is 16.5. The third kappa shape index (κ3) is 5.88. The van der Waals surface area contributed by atoms with Gasteiger partial charge in [0.1, 0.15) is 18.1 Å². The lowest BCUT2D eigenvalue weighted by molar-refractivity contribution is 0.261. The molecule has 0 amide bonds. The molecule has 0 aliphatic heterocycles. The van der Waals surface area contributed by atoms with Gasteiger partial charge in [-0.3, -0.25) is 0 Å². The van der Waals surface area contributed by atoms with Gasteiger partial charge in [0.25, 0.3) is 0 Å². The molecule has 4 nitrogen and oxygen atoms in total. The Hall–Kier alpha value is -2.98. The minimum Gasteiger partial charge on any atom is -0.508 e. The summed E-state index contributed by atoms with van der Waals surface area (Å²) in [5.74, 6) is 1.80. The molecule has 1 aliphatic rings. The van der Waals surface area contributed by atoms with Crippen LogP contribution in [0, 0.1) is 0 Å². The maximum Gasteiger partial charge on any atom is 0.119 e. The molecule has 1 aliphatic carbocycles. The maximum atomic E-state index is 9.83. The first kappa shape index (κ1) is 23.2. The number of nitrogens with zero attached hydrogens (tertiary/aromatic N) is 2. The zero-order valence-corrected chi connectivity index (χ0v) is 20.1. The third-order valence-corrected chi connectivity index (χ3v) is 6.62. The minimum atomic E-state index is 0.374. The second kappa shape index (κ2) is 10.8. The van der Waals surface area contributed by atoms with E-state index >= 15 is 0 Å². The normalized spacial score (nSPS) is 15.3. The summed E-state index contributed by atoms with van der Waals surface area (Å²) in [5.41, 5.74) is 6.71. The van der Waals surface area contributed by atoms with Crippen LogP contribution in [0.1, 0.15) is 41.5 Å². The van der Waals surface area contributed by atoms with Gasteiger partial charge < -0.3 is 19.6 Å². The van der Waals surface area contributed by atoms with E-state index in [-0.39, 0.29) is 0 Å². The molecule has 3 aromatic carbocycles. The van der Waals surface area contributed by atoms with Crippen molar-refractivity contribution < 1.29 is 9.84 Å². The first-order chi connectivity index (χ1) is 16.0. The Balaban J connectivity index is 1.47. The second-order valence-electron chi connectivity index (χ2n) is 9.26. The maximum absolute atomic E-state index is 9.83. The fourth-order valence-corrected chi connectivity index (χ4v) is 4.75. The standard InChI is InChI=1S/C29H36N2O2/c1-4-31(21-22-9-15-27(16-10-22)33-18-17-30(2)3)29-8-6-5-7-28(29)25-12-11-24-20-26(32)14-13-23(24)19-25/h5-10,13-16,20,25,32H,4,11-12,17-19,21H2,1-3H3/t25-/m1/s1. The molecule has 3 aromatic rings. The van der Waals surface area contributed by atoms with Gasteiger partial charge in [-0.15, -0.1) is 0 Å². The third-order valence-electron chi connectivity index (χ3n) is 6.62. The number of fused-ring (bicyclic) bond motifs is 1. The van der Waals surface area contributed by atoms with E-state index in [0.29, 0.717) is 18.3 Å². The van der Waals surface area contributed by atoms with Crippen LogP contribution < -0.4 is 9.64 Å². The summed E-state index contributed by atoms with van der Waals surface area (Å²) in [4.78, 5) is 4.60. The van der Waals surface area contributed by atoms with E-state index < -0.39 is 0 Å². The fourth-order valence-electron chi connectivity index (χ4n) is 4.75. The Bertz CT molecular complexity index is 1050. The van der Waals surface area contributed by atoms with Gasteiger partial charge in [0, 0.05) is 25.3 Å². The SMILES string of the molecule is CCN(Cc1ccc(OCCN(C)C)cc1)c1ccccc1[C@@H]1CCc2cc(O)ccc2C1. The van der Waals surface area contributed by atoms with Gasteiger partial charge in [-0.1, -0.05) is 36.4 Å². The van der Waals surface area contributed by atoms with Crippen molar-refractivity contribution in [2.45, 2.75) is 38.6 Å². The number of phenols is 1.